The summed E-state index contributed by atoms with van der Waals surface area (Å²) in [6.07, 6.45) is 5.60. The van der Waals surface area contributed by atoms with E-state index in [2.05, 4.69) is 13.5 Å². The highest BCUT2D eigenvalue weighted by Gasteiger charge is 1.89. The third-order valence-electron chi connectivity index (χ3n) is 1.25. The van der Waals surface area contributed by atoms with Crippen LogP contribution in [0.2, 0.25) is 0 Å². The number of nitrogens with one attached hydrogen (secondary N) is 1. The molecule has 0 aromatic rings. The van der Waals surface area contributed by atoms with Crippen molar-refractivity contribution in [3.8, 4) is 0 Å². The van der Waals surface area contributed by atoms with Crippen molar-refractivity contribution < 1.29 is 0 Å². The Morgan fingerprint density at radius 1 is 1.56 bits per heavy atom. The standard InChI is InChI=1S/C8H15N/c1-3-5-8(2)6-4-7-9/h7,9H,2-6H2,1H3. The van der Waals surface area contributed by atoms with E-state index in [1.165, 1.54) is 18.2 Å². The molecule has 0 saturated carbocycles. The second-order valence-corrected chi connectivity index (χ2v) is 2.24. The van der Waals surface area contributed by atoms with Crippen LogP contribution >= 0.6 is 0 Å². The molecular formula is C8H15N. The molecule has 0 bridgehead atoms. The number of rotatable bonds is 5. The van der Waals surface area contributed by atoms with Gasteiger partial charge in [0.1, 0.15) is 0 Å². The maximum atomic E-state index is 6.76. The molecule has 0 radical (unpaired) electrons. The molecule has 0 fully saturated rings. The van der Waals surface area contributed by atoms with Crippen molar-refractivity contribution in [1.82, 2.24) is 0 Å². The van der Waals surface area contributed by atoms with Gasteiger partial charge in [0.25, 0.3) is 0 Å². The first-order valence-corrected chi connectivity index (χ1v) is 3.46. The average molecular weight is 125 g/mol. The molecule has 0 atom stereocenters. The minimum atomic E-state index is 0.860. The molecule has 0 aromatic heterocycles. The Kier molecular flexibility index (Phi) is 5.18. The van der Waals surface area contributed by atoms with E-state index >= 15 is 0 Å². The van der Waals surface area contributed by atoms with E-state index in [1.54, 1.807) is 0 Å². The Balaban J connectivity index is 3.16. The minimum Gasteiger partial charge on any atom is -0.313 e. The molecule has 1 heteroatoms. The average Bonchev–Trinajstić information content (AvgIpc) is 1.85. The van der Waals surface area contributed by atoms with E-state index in [4.69, 9.17) is 5.41 Å². The van der Waals surface area contributed by atoms with Crippen molar-refractivity contribution >= 4 is 6.21 Å². The zero-order chi connectivity index (χ0) is 7.11. The highest BCUT2D eigenvalue weighted by molar-refractivity contribution is 5.53. The molecule has 9 heavy (non-hydrogen) atoms. The smallest absolute Gasteiger partial charge is 0.00446 e. The summed E-state index contributed by atoms with van der Waals surface area (Å²) in [6, 6.07) is 0. The van der Waals surface area contributed by atoms with E-state index in [0.717, 1.165) is 19.3 Å². The maximum Gasteiger partial charge on any atom is -0.00446 e. The lowest BCUT2D eigenvalue weighted by atomic mass is 10.1. The molecule has 0 aromatic carbocycles. The molecule has 0 rings (SSSR count). The first-order valence-electron chi connectivity index (χ1n) is 3.46. The second kappa shape index (κ2) is 5.54. The van der Waals surface area contributed by atoms with Gasteiger partial charge in [-0.3, -0.25) is 0 Å². The van der Waals surface area contributed by atoms with Crippen molar-refractivity contribution in [1.29, 1.82) is 5.41 Å². The first kappa shape index (κ1) is 8.41. The molecule has 0 unspecified atom stereocenters. The Hall–Kier alpha value is -0.590. The third-order valence-corrected chi connectivity index (χ3v) is 1.25. The van der Waals surface area contributed by atoms with Crippen molar-refractivity contribution in [2.45, 2.75) is 32.6 Å². The summed E-state index contributed by atoms with van der Waals surface area (Å²) in [7, 11) is 0. The van der Waals surface area contributed by atoms with Gasteiger partial charge in [0.05, 0.1) is 0 Å². The molecule has 0 spiro atoms. The number of allylic oxidation sites excluding steroid dienone is 1. The lowest BCUT2D eigenvalue weighted by molar-refractivity contribution is 0.846. The van der Waals surface area contributed by atoms with Crippen LogP contribution < -0.4 is 0 Å². The summed E-state index contributed by atoms with van der Waals surface area (Å²) in [6.45, 7) is 6.03. The number of hydrogen-bond acceptors (Lipinski definition) is 1. The van der Waals surface area contributed by atoms with E-state index in [9.17, 15) is 0 Å². The van der Waals surface area contributed by atoms with Gasteiger partial charge in [-0.05, 0) is 25.5 Å². The van der Waals surface area contributed by atoms with Crippen LogP contribution in [-0.2, 0) is 0 Å². The minimum absolute atomic E-state index is 0.860. The van der Waals surface area contributed by atoms with Gasteiger partial charge < -0.3 is 5.41 Å². The van der Waals surface area contributed by atoms with Crippen LogP contribution in [-0.4, -0.2) is 6.21 Å². The zero-order valence-corrected chi connectivity index (χ0v) is 6.11. The predicted octanol–water partition coefficient (Wildman–Crippen LogP) is 2.77. The lowest BCUT2D eigenvalue weighted by Crippen LogP contribution is -1.81. The van der Waals surface area contributed by atoms with Crippen LogP contribution in [0.25, 0.3) is 0 Å². The number of hydrogen-bond donors (Lipinski definition) is 1. The molecule has 0 aliphatic heterocycles. The van der Waals surface area contributed by atoms with Gasteiger partial charge in [0.2, 0.25) is 0 Å². The van der Waals surface area contributed by atoms with Gasteiger partial charge in [-0.1, -0.05) is 25.5 Å². The normalized spacial score (nSPS) is 9.00. The van der Waals surface area contributed by atoms with Crippen LogP contribution in [0, 0.1) is 5.41 Å². The van der Waals surface area contributed by atoms with E-state index < -0.39 is 0 Å². The molecule has 1 N–H and O–H groups in total. The fourth-order valence-corrected chi connectivity index (χ4v) is 0.755. The van der Waals surface area contributed by atoms with E-state index in [1.807, 2.05) is 0 Å². The topological polar surface area (TPSA) is 23.9 Å². The molecule has 0 aliphatic rings. The highest BCUT2D eigenvalue weighted by atomic mass is 14.3. The van der Waals surface area contributed by atoms with Crippen molar-refractivity contribution in [3.05, 3.63) is 12.2 Å². The Morgan fingerprint density at radius 2 is 2.22 bits per heavy atom. The van der Waals surface area contributed by atoms with Crippen molar-refractivity contribution in [2.75, 3.05) is 0 Å². The Labute approximate surface area is 57.3 Å². The summed E-state index contributed by atoms with van der Waals surface area (Å²) in [4.78, 5) is 0. The lowest BCUT2D eigenvalue weighted by Gasteiger charge is -1.98. The molecule has 0 amide bonds. The molecular weight excluding hydrogens is 110 g/mol. The largest absolute Gasteiger partial charge is 0.313 e. The van der Waals surface area contributed by atoms with Crippen molar-refractivity contribution in [2.24, 2.45) is 0 Å². The quantitative estimate of drug-likeness (QED) is 0.431. The second-order valence-electron chi connectivity index (χ2n) is 2.24. The summed E-state index contributed by atoms with van der Waals surface area (Å²) in [5.41, 5.74) is 1.28. The van der Waals surface area contributed by atoms with Gasteiger partial charge in [-0.2, -0.15) is 0 Å². The van der Waals surface area contributed by atoms with Crippen LogP contribution in [0.3, 0.4) is 0 Å². The van der Waals surface area contributed by atoms with Crippen LogP contribution in [0.15, 0.2) is 12.2 Å². The van der Waals surface area contributed by atoms with Gasteiger partial charge in [-0.15, -0.1) is 0 Å². The van der Waals surface area contributed by atoms with E-state index in [-0.39, 0.29) is 0 Å². The Bertz CT molecular complexity index is 94.7. The van der Waals surface area contributed by atoms with Gasteiger partial charge in [0, 0.05) is 0 Å². The highest BCUT2D eigenvalue weighted by Crippen LogP contribution is 2.07. The SMILES string of the molecule is C=C(CCC)CCC=N. The molecule has 0 heterocycles. The Morgan fingerprint density at radius 3 is 2.67 bits per heavy atom. The first-order chi connectivity index (χ1) is 4.31. The summed E-state index contributed by atoms with van der Waals surface area (Å²) in [5, 5.41) is 6.76. The monoisotopic (exact) mass is 125 g/mol. The van der Waals surface area contributed by atoms with Crippen LogP contribution in [0.5, 0.6) is 0 Å². The summed E-state index contributed by atoms with van der Waals surface area (Å²) in [5.74, 6) is 0. The molecule has 0 saturated heterocycles. The van der Waals surface area contributed by atoms with Gasteiger partial charge in [0.15, 0.2) is 0 Å². The van der Waals surface area contributed by atoms with Crippen molar-refractivity contribution in [3.63, 3.8) is 0 Å². The molecule has 52 valence electrons. The molecule has 1 nitrogen and oxygen atoms in total. The zero-order valence-electron chi connectivity index (χ0n) is 6.11. The maximum absolute atomic E-state index is 6.76. The third kappa shape index (κ3) is 5.28. The summed E-state index contributed by atoms with van der Waals surface area (Å²) < 4.78 is 0. The fourth-order valence-electron chi connectivity index (χ4n) is 0.755. The predicted molar refractivity (Wildman–Crippen MR) is 42.1 cm³/mol. The van der Waals surface area contributed by atoms with Crippen LogP contribution in [0.4, 0.5) is 0 Å². The van der Waals surface area contributed by atoms with Crippen LogP contribution in [0.1, 0.15) is 32.6 Å². The van der Waals surface area contributed by atoms with Gasteiger partial charge in [-0.25, -0.2) is 0 Å². The summed E-state index contributed by atoms with van der Waals surface area (Å²) >= 11 is 0. The fraction of sp³-hybridized carbons (Fsp3) is 0.625. The van der Waals surface area contributed by atoms with Gasteiger partial charge >= 0.3 is 0 Å². The van der Waals surface area contributed by atoms with E-state index in [0.29, 0.717) is 0 Å². The molecule has 0 aliphatic carbocycles.